The van der Waals surface area contributed by atoms with Crippen molar-refractivity contribution in [2.75, 3.05) is 6.54 Å². The van der Waals surface area contributed by atoms with Crippen LogP contribution in [-0.2, 0) is 4.79 Å². The lowest BCUT2D eigenvalue weighted by Gasteiger charge is -2.27. The predicted octanol–water partition coefficient (Wildman–Crippen LogP) is 1.10. The molecule has 0 amide bonds. The Bertz CT molecular complexity index is 138. The molecule has 0 aliphatic rings. The first-order valence-corrected chi connectivity index (χ1v) is 3.79. The average molecular weight is 159 g/mol. The van der Waals surface area contributed by atoms with Crippen LogP contribution in [-0.4, -0.2) is 23.7 Å². The van der Waals surface area contributed by atoms with E-state index in [-0.39, 0.29) is 18.0 Å². The normalized spacial score (nSPS) is 14.5. The van der Waals surface area contributed by atoms with Gasteiger partial charge in [-0.25, -0.2) is 0 Å². The Hall–Kier alpha value is -0.570. The molecule has 0 spiro atoms. The molecule has 0 aliphatic heterocycles. The average Bonchev–Trinajstić information content (AvgIpc) is 1.80. The maximum absolute atomic E-state index is 10.2. The van der Waals surface area contributed by atoms with E-state index >= 15 is 0 Å². The van der Waals surface area contributed by atoms with Crippen LogP contribution < -0.4 is 5.32 Å². The number of carboxylic acids is 1. The molecule has 3 heteroatoms. The minimum absolute atomic E-state index is 0.0401. The number of aliphatic carboxylic acids is 1. The molecule has 0 bridgehead atoms. The van der Waals surface area contributed by atoms with E-state index < -0.39 is 5.97 Å². The number of hydrogen-bond donors (Lipinski definition) is 2. The smallest absolute Gasteiger partial charge is 0.317 e. The van der Waals surface area contributed by atoms with Gasteiger partial charge >= 0.3 is 5.97 Å². The highest BCUT2D eigenvalue weighted by Crippen LogP contribution is 2.17. The van der Waals surface area contributed by atoms with E-state index in [0.717, 1.165) is 0 Å². The summed E-state index contributed by atoms with van der Waals surface area (Å²) in [5, 5.41) is 11.3. The molecule has 11 heavy (non-hydrogen) atoms. The minimum atomic E-state index is -0.805. The highest BCUT2D eigenvalue weighted by atomic mass is 16.4. The van der Waals surface area contributed by atoms with Gasteiger partial charge in [0.15, 0.2) is 0 Å². The molecule has 0 fully saturated rings. The van der Waals surface area contributed by atoms with Gasteiger partial charge in [-0.1, -0.05) is 20.8 Å². The second-order valence-corrected chi connectivity index (χ2v) is 3.86. The summed E-state index contributed by atoms with van der Waals surface area (Å²) in [5.41, 5.74) is 0.120. The van der Waals surface area contributed by atoms with Gasteiger partial charge in [-0.2, -0.15) is 0 Å². The molecule has 2 N–H and O–H groups in total. The molecule has 0 rings (SSSR count). The Balaban J connectivity index is 3.70. The first kappa shape index (κ1) is 10.4. The van der Waals surface area contributed by atoms with E-state index in [9.17, 15) is 4.79 Å². The second-order valence-electron chi connectivity index (χ2n) is 3.86. The van der Waals surface area contributed by atoms with E-state index in [0.29, 0.717) is 0 Å². The van der Waals surface area contributed by atoms with Crippen LogP contribution in [0.2, 0.25) is 0 Å². The van der Waals surface area contributed by atoms with E-state index in [1.807, 2.05) is 6.92 Å². The van der Waals surface area contributed by atoms with Crippen molar-refractivity contribution >= 4 is 5.97 Å². The quantitative estimate of drug-likeness (QED) is 0.648. The highest BCUT2D eigenvalue weighted by Gasteiger charge is 2.19. The van der Waals surface area contributed by atoms with Gasteiger partial charge in [0.1, 0.15) is 0 Å². The molecule has 0 saturated heterocycles. The molecule has 3 nitrogen and oxygen atoms in total. The maximum Gasteiger partial charge on any atom is 0.317 e. The molecule has 0 unspecified atom stereocenters. The Labute approximate surface area is 67.8 Å². The fourth-order valence-electron chi connectivity index (χ4n) is 0.547. The third kappa shape index (κ3) is 4.79. The van der Waals surface area contributed by atoms with Crippen molar-refractivity contribution in [3.63, 3.8) is 0 Å². The van der Waals surface area contributed by atoms with Gasteiger partial charge in [0.25, 0.3) is 0 Å². The fraction of sp³-hybridized carbons (Fsp3) is 0.875. The van der Waals surface area contributed by atoms with Gasteiger partial charge in [-0.15, -0.1) is 0 Å². The monoisotopic (exact) mass is 159 g/mol. The van der Waals surface area contributed by atoms with Crippen LogP contribution in [0.25, 0.3) is 0 Å². The first-order valence-electron chi connectivity index (χ1n) is 3.79. The maximum atomic E-state index is 10.2. The number of carboxylic acid groups (broad SMARTS) is 1. The summed E-state index contributed by atoms with van der Waals surface area (Å²) in [4.78, 5) is 10.2. The Morgan fingerprint density at radius 1 is 1.55 bits per heavy atom. The molecule has 1 atom stereocenters. The highest BCUT2D eigenvalue weighted by molar-refractivity contribution is 5.69. The van der Waals surface area contributed by atoms with Crippen LogP contribution in [0, 0.1) is 5.41 Å². The number of hydrogen-bond acceptors (Lipinski definition) is 2. The second kappa shape index (κ2) is 3.72. The van der Waals surface area contributed by atoms with Gasteiger partial charge in [-0.05, 0) is 12.3 Å². The molecular formula is C8H17NO2. The zero-order valence-corrected chi connectivity index (χ0v) is 7.64. The van der Waals surface area contributed by atoms with Crippen molar-refractivity contribution in [2.24, 2.45) is 5.41 Å². The molecule has 0 aromatic rings. The van der Waals surface area contributed by atoms with Crippen molar-refractivity contribution in [3.05, 3.63) is 0 Å². The lowest BCUT2D eigenvalue weighted by atomic mass is 9.88. The predicted molar refractivity (Wildman–Crippen MR) is 44.6 cm³/mol. The fourth-order valence-corrected chi connectivity index (χ4v) is 0.547. The summed E-state index contributed by atoms with van der Waals surface area (Å²) in [6, 6.07) is 0.221. The summed E-state index contributed by atoms with van der Waals surface area (Å²) in [6.07, 6.45) is 0. The largest absolute Gasteiger partial charge is 0.480 e. The Kier molecular flexibility index (Phi) is 3.52. The number of carbonyl (C=O) groups is 1. The van der Waals surface area contributed by atoms with Crippen molar-refractivity contribution in [2.45, 2.75) is 33.7 Å². The van der Waals surface area contributed by atoms with E-state index in [1.165, 1.54) is 0 Å². The standard InChI is InChI=1S/C8H17NO2/c1-6(8(2,3)4)9-5-7(10)11/h6,9H,5H2,1-4H3,(H,10,11)/t6-/m1/s1. The minimum Gasteiger partial charge on any atom is -0.480 e. The van der Waals surface area contributed by atoms with Crippen LogP contribution in [0.4, 0.5) is 0 Å². The van der Waals surface area contributed by atoms with E-state index in [1.54, 1.807) is 0 Å². The molecule has 0 radical (unpaired) electrons. The molecule has 0 heterocycles. The molecule has 66 valence electrons. The van der Waals surface area contributed by atoms with Gasteiger partial charge in [-0.3, -0.25) is 4.79 Å². The molecular weight excluding hydrogens is 142 g/mol. The molecule has 0 aliphatic carbocycles. The molecule has 0 aromatic heterocycles. The van der Waals surface area contributed by atoms with Crippen molar-refractivity contribution in [3.8, 4) is 0 Å². The summed E-state index contributed by atoms with van der Waals surface area (Å²) < 4.78 is 0. The third-order valence-electron chi connectivity index (χ3n) is 1.86. The number of nitrogens with one attached hydrogen (secondary N) is 1. The summed E-state index contributed by atoms with van der Waals surface area (Å²) >= 11 is 0. The Morgan fingerprint density at radius 2 is 2.00 bits per heavy atom. The summed E-state index contributed by atoms with van der Waals surface area (Å²) in [7, 11) is 0. The van der Waals surface area contributed by atoms with Crippen LogP contribution in [0.1, 0.15) is 27.7 Å². The van der Waals surface area contributed by atoms with Gasteiger partial charge in [0.2, 0.25) is 0 Å². The number of rotatable bonds is 3. The van der Waals surface area contributed by atoms with E-state index in [4.69, 9.17) is 5.11 Å². The van der Waals surface area contributed by atoms with Crippen LogP contribution >= 0.6 is 0 Å². The zero-order valence-electron chi connectivity index (χ0n) is 7.64. The lowest BCUT2D eigenvalue weighted by molar-refractivity contribution is -0.136. The summed E-state index contributed by atoms with van der Waals surface area (Å²) in [5.74, 6) is -0.805. The van der Waals surface area contributed by atoms with Gasteiger partial charge < -0.3 is 10.4 Å². The van der Waals surface area contributed by atoms with E-state index in [2.05, 4.69) is 26.1 Å². The third-order valence-corrected chi connectivity index (χ3v) is 1.86. The van der Waals surface area contributed by atoms with Gasteiger partial charge in [0, 0.05) is 6.04 Å². The van der Waals surface area contributed by atoms with Gasteiger partial charge in [0.05, 0.1) is 6.54 Å². The lowest BCUT2D eigenvalue weighted by Crippen LogP contribution is -2.40. The van der Waals surface area contributed by atoms with Crippen molar-refractivity contribution in [1.82, 2.24) is 5.32 Å². The topological polar surface area (TPSA) is 49.3 Å². The Morgan fingerprint density at radius 3 is 2.27 bits per heavy atom. The SMILES string of the molecule is C[C@@H](NCC(=O)O)C(C)(C)C. The van der Waals surface area contributed by atoms with Crippen molar-refractivity contribution < 1.29 is 9.90 Å². The van der Waals surface area contributed by atoms with Crippen LogP contribution in [0.15, 0.2) is 0 Å². The first-order chi connectivity index (χ1) is 4.84. The van der Waals surface area contributed by atoms with Crippen molar-refractivity contribution in [1.29, 1.82) is 0 Å². The zero-order chi connectivity index (χ0) is 9.07. The molecule has 0 saturated carbocycles. The van der Waals surface area contributed by atoms with Crippen LogP contribution in [0.5, 0.6) is 0 Å². The summed E-state index contributed by atoms with van der Waals surface area (Å²) in [6.45, 7) is 8.26. The van der Waals surface area contributed by atoms with Crippen LogP contribution in [0.3, 0.4) is 0 Å². The molecule has 0 aromatic carbocycles.